The molecule has 0 aliphatic carbocycles. The summed E-state index contributed by atoms with van der Waals surface area (Å²) in [5, 5.41) is 4.08. The Kier molecular flexibility index (Phi) is 5.16. The van der Waals surface area contributed by atoms with Gasteiger partial charge in [-0.25, -0.2) is 0 Å². The maximum atomic E-state index is 13.2. The summed E-state index contributed by atoms with van der Waals surface area (Å²) in [5.74, 6) is 3.32. The van der Waals surface area contributed by atoms with Crippen molar-refractivity contribution in [3.63, 3.8) is 0 Å². The molecular formula is C27H23NO2. The van der Waals surface area contributed by atoms with Crippen LogP contribution in [0.15, 0.2) is 75.9 Å². The fraction of sp³-hybridized carbons (Fsp3) is 0.148. The van der Waals surface area contributed by atoms with Crippen LogP contribution in [0.4, 0.5) is 5.69 Å². The molecule has 0 radical (unpaired) electrons. The Balaban J connectivity index is 1.90. The van der Waals surface area contributed by atoms with Gasteiger partial charge < -0.3 is 9.73 Å². The number of nitrogens with one attached hydrogen (secondary N) is 1. The van der Waals surface area contributed by atoms with Crippen LogP contribution in [-0.4, -0.2) is 0 Å². The van der Waals surface area contributed by atoms with Gasteiger partial charge in [0, 0.05) is 22.3 Å². The Labute approximate surface area is 176 Å². The van der Waals surface area contributed by atoms with E-state index in [2.05, 4.69) is 17.3 Å². The van der Waals surface area contributed by atoms with Gasteiger partial charge in [-0.2, -0.15) is 0 Å². The van der Waals surface area contributed by atoms with Crippen LogP contribution in [0.5, 0.6) is 0 Å². The van der Waals surface area contributed by atoms with E-state index in [1.54, 1.807) is 0 Å². The highest BCUT2D eigenvalue weighted by molar-refractivity contribution is 5.84. The average Bonchev–Trinajstić information content (AvgIpc) is 2.77. The minimum atomic E-state index is -0.114. The number of rotatable bonds is 4. The molecule has 0 amide bonds. The van der Waals surface area contributed by atoms with Crippen LogP contribution in [0.2, 0.25) is 0 Å². The Morgan fingerprint density at radius 3 is 2.43 bits per heavy atom. The van der Waals surface area contributed by atoms with E-state index in [9.17, 15) is 4.79 Å². The van der Waals surface area contributed by atoms with Crippen LogP contribution < -0.4 is 10.7 Å². The normalized spacial score (nSPS) is 11.8. The van der Waals surface area contributed by atoms with Crippen LogP contribution in [0.1, 0.15) is 35.2 Å². The molecule has 1 aromatic heterocycles. The van der Waals surface area contributed by atoms with E-state index in [1.807, 2.05) is 81.4 Å². The largest absolute Gasteiger partial charge is 0.455 e. The van der Waals surface area contributed by atoms with Crippen molar-refractivity contribution >= 4 is 16.7 Å². The monoisotopic (exact) mass is 393 g/mol. The third-order valence-corrected chi connectivity index (χ3v) is 5.35. The number of hydrogen-bond acceptors (Lipinski definition) is 3. The van der Waals surface area contributed by atoms with Crippen molar-refractivity contribution in [2.24, 2.45) is 0 Å². The minimum Gasteiger partial charge on any atom is -0.455 e. The number of aryl methyl sites for hydroxylation is 1. The Morgan fingerprint density at radius 2 is 1.70 bits per heavy atom. The lowest BCUT2D eigenvalue weighted by Gasteiger charge is -2.19. The second-order valence-corrected chi connectivity index (χ2v) is 7.54. The summed E-state index contributed by atoms with van der Waals surface area (Å²) in [5.41, 5.74) is 5.71. The van der Waals surface area contributed by atoms with Gasteiger partial charge in [0.05, 0.1) is 17.1 Å². The number of hydrogen-bond donors (Lipinski definition) is 1. The fourth-order valence-electron chi connectivity index (χ4n) is 3.80. The third kappa shape index (κ3) is 3.49. The van der Waals surface area contributed by atoms with Crippen molar-refractivity contribution in [1.82, 2.24) is 0 Å². The molecule has 3 heteroatoms. The van der Waals surface area contributed by atoms with Gasteiger partial charge in [0.2, 0.25) is 0 Å². The number of anilines is 1. The summed E-state index contributed by atoms with van der Waals surface area (Å²) < 4.78 is 6.38. The first-order chi connectivity index (χ1) is 14.5. The first-order valence-corrected chi connectivity index (χ1v) is 9.95. The summed E-state index contributed by atoms with van der Waals surface area (Å²) in [4.78, 5) is 13.2. The molecule has 4 aromatic rings. The Morgan fingerprint density at radius 1 is 1.00 bits per heavy atom. The highest BCUT2D eigenvalue weighted by atomic mass is 16.3. The first-order valence-electron chi connectivity index (χ1n) is 9.95. The number of para-hydroxylation sites is 1. The van der Waals surface area contributed by atoms with Crippen molar-refractivity contribution in [3.8, 4) is 23.7 Å². The van der Waals surface area contributed by atoms with E-state index in [-0.39, 0.29) is 11.5 Å². The van der Waals surface area contributed by atoms with E-state index < -0.39 is 0 Å². The zero-order valence-corrected chi connectivity index (χ0v) is 17.3. The van der Waals surface area contributed by atoms with E-state index in [1.165, 1.54) is 0 Å². The van der Waals surface area contributed by atoms with Gasteiger partial charge in [-0.3, -0.25) is 4.79 Å². The standard InChI is InChI=1S/C27H23NO2/c1-5-20-11-9-10-14-24(20)28-19(4)22-15-17(2)16-23-25(29)18(3)26(30-27(22)23)21-12-7-6-8-13-21/h1,6-16,19,28H,2-4H3. The molecule has 4 rings (SSSR count). The Hall–Kier alpha value is -3.77. The summed E-state index contributed by atoms with van der Waals surface area (Å²) >= 11 is 0. The summed E-state index contributed by atoms with van der Waals surface area (Å²) in [7, 11) is 0. The topological polar surface area (TPSA) is 42.2 Å². The van der Waals surface area contributed by atoms with Gasteiger partial charge in [0.15, 0.2) is 5.43 Å². The van der Waals surface area contributed by atoms with Crippen molar-refractivity contribution in [1.29, 1.82) is 0 Å². The second kappa shape index (κ2) is 7.93. The lowest BCUT2D eigenvalue weighted by Crippen LogP contribution is -2.13. The minimum absolute atomic E-state index is 0.00345. The number of terminal acetylenes is 1. The Bertz CT molecular complexity index is 1330. The van der Waals surface area contributed by atoms with Crippen molar-refractivity contribution in [3.05, 3.63) is 99.2 Å². The molecule has 148 valence electrons. The maximum Gasteiger partial charge on any atom is 0.196 e. The fourth-order valence-corrected chi connectivity index (χ4v) is 3.80. The third-order valence-electron chi connectivity index (χ3n) is 5.35. The highest BCUT2D eigenvalue weighted by Gasteiger charge is 2.19. The molecule has 1 N–H and O–H groups in total. The van der Waals surface area contributed by atoms with E-state index in [0.29, 0.717) is 22.3 Å². The van der Waals surface area contributed by atoms with Crippen LogP contribution in [0, 0.1) is 26.2 Å². The molecule has 0 aliphatic rings. The second-order valence-electron chi connectivity index (χ2n) is 7.54. The molecule has 1 heterocycles. The predicted octanol–water partition coefficient (Wildman–Crippen LogP) is 6.23. The molecule has 0 aliphatic heterocycles. The summed E-state index contributed by atoms with van der Waals surface area (Å²) in [6.07, 6.45) is 5.65. The van der Waals surface area contributed by atoms with E-state index >= 15 is 0 Å². The molecule has 1 atom stereocenters. The zero-order chi connectivity index (χ0) is 21.3. The number of fused-ring (bicyclic) bond motifs is 1. The molecular weight excluding hydrogens is 370 g/mol. The van der Waals surface area contributed by atoms with Gasteiger partial charge in [-0.05, 0) is 44.5 Å². The molecule has 3 nitrogen and oxygen atoms in total. The summed E-state index contributed by atoms with van der Waals surface area (Å²) in [6.45, 7) is 5.86. The van der Waals surface area contributed by atoms with E-state index in [0.717, 1.165) is 27.9 Å². The molecule has 0 fully saturated rings. The van der Waals surface area contributed by atoms with Crippen molar-refractivity contribution in [2.45, 2.75) is 26.8 Å². The predicted molar refractivity (Wildman–Crippen MR) is 124 cm³/mol. The van der Waals surface area contributed by atoms with Crippen LogP contribution >= 0.6 is 0 Å². The summed E-state index contributed by atoms with van der Waals surface area (Å²) in [6, 6.07) is 21.3. The molecule has 0 saturated carbocycles. The molecule has 30 heavy (non-hydrogen) atoms. The van der Waals surface area contributed by atoms with Crippen LogP contribution in [-0.2, 0) is 0 Å². The SMILES string of the molecule is C#Cc1ccccc1NC(C)c1cc(C)cc2c(=O)c(C)c(-c3ccccc3)oc12. The lowest BCUT2D eigenvalue weighted by molar-refractivity contribution is 0.605. The van der Waals surface area contributed by atoms with Gasteiger partial charge in [-0.15, -0.1) is 6.42 Å². The molecule has 1 unspecified atom stereocenters. The van der Waals surface area contributed by atoms with Crippen molar-refractivity contribution in [2.75, 3.05) is 5.32 Å². The van der Waals surface area contributed by atoms with E-state index in [4.69, 9.17) is 10.8 Å². The molecule has 0 spiro atoms. The molecule has 0 bridgehead atoms. The van der Waals surface area contributed by atoms with Crippen LogP contribution in [0.25, 0.3) is 22.3 Å². The first kappa shape index (κ1) is 19.5. The maximum absolute atomic E-state index is 13.2. The molecule has 3 aromatic carbocycles. The smallest absolute Gasteiger partial charge is 0.196 e. The van der Waals surface area contributed by atoms with Gasteiger partial charge in [-0.1, -0.05) is 54.5 Å². The quantitative estimate of drug-likeness (QED) is 0.418. The van der Waals surface area contributed by atoms with Crippen LogP contribution in [0.3, 0.4) is 0 Å². The van der Waals surface area contributed by atoms with Gasteiger partial charge in [0.25, 0.3) is 0 Å². The average molecular weight is 393 g/mol. The van der Waals surface area contributed by atoms with Gasteiger partial charge >= 0.3 is 0 Å². The molecule has 0 saturated heterocycles. The number of benzene rings is 3. The lowest BCUT2D eigenvalue weighted by atomic mass is 9.98. The zero-order valence-electron chi connectivity index (χ0n) is 17.3. The van der Waals surface area contributed by atoms with Crippen molar-refractivity contribution < 1.29 is 4.42 Å². The highest BCUT2D eigenvalue weighted by Crippen LogP contribution is 2.32. The van der Waals surface area contributed by atoms with Gasteiger partial charge in [0.1, 0.15) is 11.3 Å².